The van der Waals surface area contributed by atoms with Gasteiger partial charge in [0.1, 0.15) is 0 Å². The Balaban J connectivity index is 0.00000261. The van der Waals surface area contributed by atoms with E-state index in [-0.39, 0.29) is 12.4 Å². The van der Waals surface area contributed by atoms with Crippen LogP contribution in [0, 0.1) is 10.8 Å². The second-order valence-electron chi connectivity index (χ2n) is 10.7. The zero-order valence-electron chi connectivity index (χ0n) is 18.4. The normalized spacial score (nSPS) is 23.7. The lowest BCUT2D eigenvalue weighted by molar-refractivity contribution is 0.0962. The van der Waals surface area contributed by atoms with Crippen LogP contribution in [0.3, 0.4) is 0 Å². The third-order valence-electron chi connectivity index (χ3n) is 6.85. The molecule has 1 aromatic rings. The highest BCUT2D eigenvalue weighted by Gasteiger charge is 2.39. The average Bonchev–Trinajstić information content (AvgIpc) is 2.58. The van der Waals surface area contributed by atoms with E-state index in [1.807, 2.05) is 0 Å². The summed E-state index contributed by atoms with van der Waals surface area (Å²) in [6.07, 6.45) is 9.42. The molecule has 1 heterocycles. The second-order valence-corrected chi connectivity index (χ2v) is 10.7. The zero-order valence-corrected chi connectivity index (χ0v) is 19.2. The van der Waals surface area contributed by atoms with Crippen molar-refractivity contribution >= 4 is 12.4 Å². The highest BCUT2D eigenvalue weighted by atomic mass is 35.5. The Labute approximate surface area is 174 Å². The van der Waals surface area contributed by atoms with Gasteiger partial charge in [-0.3, -0.25) is 0 Å². The number of nitrogens with zero attached hydrogens (tertiary/aromatic N) is 1. The molecule has 27 heavy (non-hydrogen) atoms. The smallest absolute Gasteiger partial charge is 0.00129 e. The molecular weight excluding hydrogens is 350 g/mol. The molecule has 3 rings (SSSR count). The molecule has 0 N–H and O–H groups in total. The SMILES string of the molecule is CCCCN1CCC(c2ccccc2C2CC(C)(C)CC(C)(C)C2)CC1.Cl. The minimum Gasteiger partial charge on any atom is -0.303 e. The summed E-state index contributed by atoms with van der Waals surface area (Å²) in [6, 6.07) is 9.47. The second kappa shape index (κ2) is 9.31. The van der Waals surface area contributed by atoms with Crippen molar-refractivity contribution in [2.24, 2.45) is 10.8 Å². The van der Waals surface area contributed by atoms with Crippen molar-refractivity contribution in [3.8, 4) is 0 Å². The lowest BCUT2D eigenvalue weighted by atomic mass is 9.59. The van der Waals surface area contributed by atoms with Crippen LogP contribution in [-0.2, 0) is 0 Å². The predicted molar refractivity (Wildman–Crippen MR) is 121 cm³/mol. The Kier molecular flexibility index (Phi) is 7.85. The van der Waals surface area contributed by atoms with Crippen LogP contribution in [0.2, 0.25) is 0 Å². The van der Waals surface area contributed by atoms with Crippen LogP contribution in [0.5, 0.6) is 0 Å². The lowest BCUT2D eigenvalue weighted by Crippen LogP contribution is -2.35. The molecule has 0 radical (unpaired) electrons. The fourth-order valence-electron chi connectivity index (χ4n) is 6.17. The number of piperidine rings is 1. The van der Waals surface area contributed by atoms with Gasteiger partial charge in [-0.1, -0.05) is 65.3 Å². The molecule has 0 atom stereocenters. The predicted octanol–water partition coefficient (Wildman–Crippen LogP) is 7.41. The molecule has 1 saturated carbocycles. The quantitative estimate of drug-likeness (QED) is 0.505. The summed E-state index contributed by atoms with van der Waals surface area (Å²) in [4.78, 5) is 2.69. The molecule has 1 saturated heterocycles. The highest BCUT2D eigenvalue weighted by Crippen LogP contribution is 2.52. The van der Waals surface area contributed by atoms with Crippen molar-refractivity contribution in [1.82, 2.24) is 4.90 Å². The van der Waals surface area contributed by atoms with Crippen molar-refractivity contribution in [3.05, 3.63) is 35.4 Å². The first-order valence-electron chi connectivity index (χ1n) is 11.1. The van der Waals surface area contributed by atoms with Crippen LogP contribution < -0.4 is 0 Å². The van der Waals surface area contributed by atoms with Gasteiger partial charge in [-0.05, 0) is 92.0 Å². The molecule has 2 heteroatoms. The Morgan fingerprint density at radius 1 is 0.889 bits per heavy atom. The zero-order chi connectivity index (χ0) is 18.8. The average molecular weight is 392 g/mol. The largest absolute Gasteiger partial charge is 0.303 e. The van der Waals surface area contributed by atoms with Crippen molar-refractivity contribution < 1.29 is 0 Å². The molecule has 0 amide bonds. The standard InChI is InChI=1S/C25H41N.ClH/c1-6-7-14-26-15-12-20(13-16-26)22-10-8-9-11-23(22)21-17-24(2,3)19-25(4,5)18-21;/h8-11,20-21H,6-7,12-19H2,1-5H3;1H. The summed E-state index contributed by atoms with van der Waals surface area (Å²) in [5, 5.41) is 0. The van der Waals surface area contributed by atoms with Gasteiger partial charge in [0.25, 0.3) is 0 Å². The summed E-state index contributed by atoms with van der Waals surface area (Å²) in [5.41, 5.74) is 4.29. The highest BCUT2D eigenvalue weighted by molar-refractivity contribution is 5.85. The number of halogens is 1. The van der Waals surface area contributed by atoms with Gasteiger partial charge < -0.3 is 4.90 Å². The minimum atomic E-state index is 0. The van der Waals surface area contributed by atoms with E-state index in [4.69, 9.17) is 0 Å². The van der Waals surface area contributed by atoms with E-state index in [0.29, 0.717) is 10.8 Å². The number of hydrogen-bond donors (Lipinski definition) is 0. The lowest BCUT2D eigenvalue weighted by Gasteiger charge is -2.46. The third kappa shape index (κ3) is 5.97. The molecule has 0 aromatic heterocycles. The Morgan fingerprint density at radius 2 is 1.41 bits per heavy atom. The van der Waals surface area contributed by atoms with Crippen molar-refractivity contribution in [2.75, 3.05) is 19.6 Å². The van der Waals surface area contributed by atoms with Crippen LogP contribution in [0.15, 0.2) is 24.3 Å². The van der Waals surface area contributed by atoms with E-state index < -0.39 is 0 Å². The van der Waals surface area contributed by atoms with Crippen LogP contribution in [0.1, 0.15) is 103 Å². The van der Waals surface area contributed by atoms with Gasteiger partial charge in [0.15, 0.2) is 0 Å². The molecule has 0 unspecified atom stereocenters. The van der Waals surface area contributed by atoms with E-state index in [2.05, 4.69) is 63.8 Å². The van der Waals surface area contributed by atoms with Crippen LogP contribution >= 0.6 is 12.4 Å². The van der Waals surface area contributed by atoms with E-state index in [0.717, 1.165) is 11.8 Å². The van der Waals surface area contributed by atoms with Crippen molar-refractivity contribution in [1.29, 1.82) is 0 Å². The summed E-state index contributed by atoms with van der Waals surface area (Å²) in [6.45, 7) is 16.1. The summed E-state index contributed by atoms with van der Waals surface area (Å²) in [7, 11) is 0. The topological polar surface area (TPSA) is 3.24 Å². The molecular formula is C25H42ClN. The molecule has 0 bridgehead atoms. The molecule has 1 aliphatic carbocycles. The van der Waals surface area contributed by atoms with Crippen molar-refractivity contribution in [3.63, 3.8) is 0 Å². The first kappa shape index (κ1) is 22.8. The number of rotatable bonds is 5. The fourth-order valence-corrected chi connectivity index (χ4v) is 6.17. The van der Waals surface area contributed by atoms with Gasteiger partial charge in [-0.15, -0.1) is 12.4 Å². The summed E-state index contributed by atoms with van der Waals surface area (Å²) in [5.74, 6) is 1.51. The number of unbranched alkanes of at least 4 members (excludes halogenated alkanes) is 1. The van der Waals surface area contributed by atoms with E-state index in [9.17, 15) is 0 Å². The first-order chi connectivity index (χ1) is 12.3. The Hall–Kier alpha value is -0.530. The summed E-state index contributed by atoms with van der Waals surface area (Å²) < 4.78 is 0. The van der Waals surface area contributed by atoms with E-state index in [1.165, 1.54) is 64.6 Å². The Bertz CT molecular complexity index is 568. The molecule has 1 aliphatic heterocycles. The van der Waals surface area contributed by atoms with Gasteiger partial charge in [-0.2, -0.15) is 0 Å². The monoisotopic (exact) mass is 391 g/mol. The summed E-state index contributed by atoms with van der Waals surface area (Å²) >= 11 is 0. The van der Waals surface area contributed by atoms with Crippen LogP contribution in [0.25, 0.3) is 0 Å². The number of hydrogen-bond acceptors (Lipinski definition) is 1. The molecule has 2 aliphatic rings. The van der Waals surface area contributed by atoms with Crippen LogP contribution in [0.4, 0.5) is 0 Å². The first-order valence-corrected chi connectivity index (χ1v) is 11.1. The minimum absolute atomic E-state index is 0. The molecule has 1 aromatic carbocycles. The number of likely N-dealkylation sites (tertiary alicyclic amines) is 1. The molecule has 1 nitrogen and oxygen atoms in total. The molecule has 154 valence electrons. The van der Waals surface area contributed by atoms with Gasteiger partial charge in [0.05, 0.1) is 0 Å². The maximum absolute atomic E-state index is 2.69. The Morgan fingerprint density at radius 3 is 1.93 bits per heavy atom. The maximum atomic E-state index is 2.69. The van der Waals surface area contributed by atoms with Crippen molar-refractivity contribution in [2.45, 2.75) is 91.4 Å². The maximum Gasteiger partial charge on any atom is -0.00129 e. The van der Waals surface area contributed by atoms with Crippen LogP contribution in [-0.4, -0.2) is 24.5 Å². The number of benzene rings is 1. The van der Waals surface area contributed by atoms with Gasteiger partial charge in [0, 0.05) is 0 Å². The van der Waals surface area contributed by atoms with E-state index >= 15 is 0 Å². The van der Waals surface area contributed by atoms with E-state index in [1.54, 1.807) is 11.1 Å². The fraction of sp³-hybridized carbons (Fsp3) is 0.760. The third-order valence-corrected chi connectivity index (χ3v) is 6.85. The molecule has 0 spiro atoms. The van der Waals surface area contributed by atoms with Gasteiger partial charge in [-0.25, -0.2) is 0 Å². The van der Waals surface area contributed by atoms with Gasteiger partial charge >= 0.3 is 0 Å². The van der Waals surface area contributed by atoms with Gasteiger partial charge in [0.2, 0.25) is 0 Å². The molecule has 2 fully saturated rings.